The van der Waals surface area contributed by atoms with Crippen molar-refractivity contribution < 1.29 is 4.79 Å². The molecule has 0 spiro atoms. The quantitative estimate of drug-likeness (QED) is 0.438. The summed E-state index contributed by atoms with van der Waals surface area (Å²) in [6, 6.07) is 23.5. The van der Waals surface area contributed by atoms with Gasteiger partial charge >= 0.3 is 0 Å². The largest absolute Gasteiger partial charge is 0.341 e. The van der Waals surface area contributed by atoms with Gasteiger partial charge in [0.2, 0.25) is 5.91 Å². The normalized spacial score (nSPS) is 11.5. The lowest BCUT2D eigenvalue weighted by atomic mass is 10.1. The molecule has 3 aromatic carbocycles. The number of aromatic nitrogens is 1. The van der Waals surface area contributed by atoms with E-state index in [0.717, 1.165) is 31.9 Å². The molecule has 1 heterocycles. The van der Waals surface area contributed by atoms with Crippen molar-refractivity contribution >= 4 is 33.4 Å². The van der Waals surface area contributed by atoms with Crippen molar-refractivity contribution in [3.8, 4) is 0 Å². The molecule has 0 aliphatic carbocycles. The maximum absolute atomic E-state index is 11.2. The molecule has 1 amide bonds. The highest BCUT2D eigenvalue weighted by atomic mass is 16.1. The zero-order valence-corrected chi connectivity index (χ0v) is 18.3. The summed E-state index contributed by atoms with van der Waals surface area (Å²) in [6.45, 7) is 7.75. The molecule has 0 unspecified atom stereocenters. The number of nitrogens with one attached hydrogen (secondary N) is 1. The van der Waals surface area contributed by atoms with Crippen LogP contribution in [0.5, 0.6) is 0 Å². The van der Waals surface area contributed by atoms with E-state index in [1.165, 1.54) is 39.9 Å². The van der Waals surface area contributed by atoms with Crippen LogP contribution in [-0.2, 0) is 24.4 Å². The van der Waals surface area contributed by atoms with Crippen LogP contribution in [0.15, 0.2) is 66.7 Å². The Kier molecular flexibility index (Phi) is 6.35. The van der Waals surface area contributed by atoms with Crippen LogP contribution >= 0.6 is 0 Å². The van der Waals surface area contributed by atoms with E-state index in [9.17, 15) is 4.79 Å². The highest BCUT2D eigenvalue weighted by molar-refractivity contribution is 6.08. The number of hydrogen-bond acceptors (Lipinski definition) is 3. The second kappa shape index (κ2) is 9.33. The Morgan fingerprint density at radius 1 is 0.935 bits per heavy atom. The first-order chi connectivity index (χ1) is 15.1. The summed E-state index contributed by atoms with van der Waals surface area (Å²) < 4.78 is 2.38. The van der Waals surface area contributed by atoms with Crippen molar-refractivity contribution in [1.82, 2.24) is 9.47 Å². The number of amides is 1. The first-order valence-corrected chi connectivity index (χ1v) is 10.9. The highest BCUT2D eigenvalue weighted by Crippen LogP contribution is 2.30. The molecule has 3 N–H and O–H groups in total. The third kappa shape index (κ3) is 4.63. The van der Waals surface area contributed by atoms with Crippen molar-refractivity contribution in [2.24, 2.45) is 5.73 Å². The van der Waals surface area contributed by atoms with Crippen molar-refractivity contribution in [1.29, 1.82) is 0 Å². The SMILES string of the molecule is CCn1c2ccccc2c2cc(CN(CCN)Cc3ccc(NC(C)=O)cc3)ccc21. The van der Waals surface area contributed by atoms with Crippen LogP contribution in [0.4, 0.5) is 5.69 Å². The second-order valence-electron chi connectivity index (χ2n) is 7.99. The minimum absolute atomic E-state index is 0.0580. The second-order valence-corrected chi connectivity index (χ2v) is 7.99. The molecule has 0 aliphatic heterocycles. The molecule has 31 heavy (non-hydrogen) atoms. The van der Waals surface area contributed by atoms with Gasteiger partial charge in [-0.2, -0.15) is 0 Å². The van der Waals surface area contributed by atoms with E-state index in [-0.39, 0.29) is 5.91 Å². The average Bonchev–Trinajstić information content (AvgIpc) is 3.08. The molecular formula is C26H30N4O. The Balaban J connectivity index is 1.57. The Bertz CT molecular complexity index is 1190. The first-order valence-electron chi connectivity index (χ1n) is 10.9. The van der Waals surface area contributed by atoms with Crippen molar-refractivity contribution in [2.75, 3.05) is 18.4 Å². The average molecular weight is 415 g/mol. The van der Waals surface area contributed by atoms with Crippen LogP contribution in [0.25, 0.3) is 21.8 Å². The fraction of sp³-hybridized carbons (Fsp3) is 0.269. The molecule has 5 nitrogen and oxygen atoms in total. The summed E-state index contributed by atoms with van der Waals surface area (Å²) >= 11 is 0. The van der Waals surface area contributed by atoms with E-state index >= 15 is 0 Å². The molecule has 0 aliphatic rings. The van der Waals surface area contributed by atoms with Crippen LogP contribution in [0.3, 0.4) is 0 Å². The lowest BCUT2D eigenvalue weighted by Gasteiger charge is -2.22. The molecule has 160 valence electrons. The zero-order valence-electron chi connectivity index (χ0n) is 18.3. The number of hydrogen-bond donors (Lipinski definition) is 2. The van der Waals surface area contributed by atoms with Crippen LogP contribution in [0, 0.1) is 0 Å². The van der Waals surface area contributed by atoms with E-state index in [2.05, 4.69) is 76.3 Å². The number of para-hydroxylation sites is 1. The molecule has 0 saturated carbocycles. The Morgan fingerprint density at radius 2 is 1.61 bits per heavy atom. The van der Waals surface area contributed by atoms with Crippen LogP contribution in [-0.4, -0.2) is 28.5 Å². The third-order valence-electron chi connectivity index (χ3n) is 5.68. The topological polar surface area (TPSA) is 63.3 Å². The van der Waals surface area contributed by atoms with Gasteiger partial charge in [0.25, 0.3) is 0 Å². The summed E-state index contributed by atoms with van der Waals surface area (Å²) in [4.78, 5) is 13.6. The van der Waals surface area contributed by atoms with Gasteiger partial charge in [0.15, 0.2) is 0 Å². The summed E-state index contributed by atoms with van der Waals surface area (Å²) in [5, 5.41) is 5.43. The van der Waals surface area contributed by atoms with Gasteiger partial charge in [-0.15, -0.1) is 0 Å². The van der Waals surface area contributed by atoms with Gasteiger partial charge < -0.3 is 15.6 Å². The maximum Gasteiger partial charge on any atom is 0.221 e. The lowest BCUT2D eigenvalue weighted by molar-refractivity contribution is -0.114. The van der Waals surface area contributed by atoms with Crippen molar-refractivity contribution in [3.05, 3.63) is 77.9 Å². The van der Waals surface area contributed by atoms with E-state index in [0.29, 0.717) is 6.54 Å². The first kappa shape index (κ1) is 21.1. The van der Waals surface area contributed by atoms with Crippen LogP contribution in [0.2, 0.25) is 0 Å². The van der Waals surface area contributed by atoms with Crippen molar-refractivity contribution in [3.63, 3.8) is 0 Å². The predicted octanol–water partition coefficient (Wildman–Crippen LogP) is 4.73. The van der Waals surface area contributed by atoms with E-state index < -0.39 is 0 Å². The molecular weight excluding hydrogens is 384 g/mol. The molecule has 4 aromatic rings. The minimum atomic E-state index is -0.0580. The van der Waals surface area contributed by atoms with Crippen LogP contribution < -0.4 is 11.1 Å². The summed E-state index contributed by atoms with van der Waals surface area (Å²) in [7, 11) is 0. The fourth-order valence-corrected chi connectivity index (χ4v) is 4.35. The Hall–Kier alpha value is -3.15. The summed E-state index contributed by atoms with van der Waals surface area (Å²) in [5.41, 5.74) is 11.8. The number of aryl methyl sites for hydroxylation is 1. The molecule has 0 radical (unpaired) electrons. The molecule has 0 saturated heterocycles. The third-order valence-corrected chi connectivity index (χ3v) is 5.68. The Labute approximate surface area is 183 Å². The molecule has 0 fully saturated rings. The van der Waals surface area contributed by atoms with Gasteiger partial charge in [-0.1, -0.05) is 36.4 Å². The number of benzene rings is 3. The van der Waals surface area contributed by atoms with Crippen molar-refractivity contribution in [2.45, 2.75) is 33.5 Å². The van der Waals surface area contributed by atoms with Crippen LogP contribution in [0.1, 0.15) is 25.0 Å². The molecule has 5 heteroatoms. The van der Waals surface area contributed by atoms with Gasteiger partial charge in [0.05, 0.1) is 0 Å². The highest BCUT2D eigenvalue weighted by Gasteiger charge is 2.12. The van der Waals surface area contributed by atoms with Gasteiger partial charge in [-0.3, -0.25) is 9.69 Å². The predicted molar refractivity (Wildman–Crippen MR) is 129 cm³/mol. The number of anilines is 1. The maximum atomic E-state index is 11.2. The molecule has 4 rings (SSSR count). The smallest absolute Gasteiger partial charge is 0.221 e. The van der Waals surface area contributed by atoms with E-state index in [4.69, 9.17) is 5.73 Å². The number of carbonyl (C=O) groups excluding carboxylic acids is 1. The zero-order chi connectivity index (χ0) is 21.8. The minimum Gasteiger partial charge on any atom is -0.341 e. The number of fused-ring (bicyclic) bond motifs is 3. The van der Waals surface area contributed by atoms with Gasteiger partial charge in [0, 0.05) is 67.1 Å². The van der Waals surface area contributed by atoms with E-state index in [1.807, 2.05) is 12.1 Å². The summed E-state index contributed by atoms with van der Waals surface area (Å²) in [6.07, 6.45) is 0. The lowest BCUT2D eigenvalue weighted by Crippen LogP contribution is -2.28. The standard InChI is InChI=1S/C26H30N4O/c1-3-30-25-7-5-4-6-23(25)24-16-21(10-13-26(24)30)18-29(15-14-27)17-20-8-11-22(12-9-20)28-19(2)31/h4-13,16H,3,14-15,17-18,27H2,1-2H3,(H,28,31). The monoisotopic (exact) mass is 414 g/mol. The van der Waals surface area contributed by atoms with Gasteiger partial charge in [-0.25, -0.2) is 0 Å². The molecule has 0 atom stereocenters. The van der Waals surface area contributed by atoms with Gasteiger partial charge in [-0.05, 0) is 48.4 Å². The Morgan fingerprint density at radius 3 is 2.32 bits per heavy atom. The molecule has 1 aromatic heterocycles. The van der Waals surface area contributed by atoms with E-state index in [1.54, 1.807) is 0 Å². The van der Waals surface area contributed by atoms with Gasteiger partial charge in [0.1, 0.15) is 0 Å². The summed E-state index contributed by atoms with van der Waals surface area (Å²) in [5.74, 6) is -0.0580. The number of nitrogens with zero attached hydrogens (tertiary/aromatic N) is 2. The molecule has 0 bridgehead atoms. The number of nitrogens with two attached hydrogens (primary N) is 1. The number of carbonyl (C=O) groups is 1. The number of rotatable bonds is 8. The fourth-order valence-electron chi connectivity index (χ4n) is 4.35.